The first-order chi connectivity index (χ1) is 7.25. The van der Waals surface area contributed by atoms with Gasteiger partial charge in [0.2, 0.25) is 0 Å². The fraction of sp³-hybridized carbons (Fsp3) is 0.273. The molecule has 3 rings (SSSR count). The lowest BCUT2D eigenvalue weighted by Crippen LogP contribution is -1.98. The van der Waals surface area contributed by atoms with Crippen LogP contribution in [-0.2, 0) is 4.79 Å². The molecule has 0 unspecified atom stereocenters. The number of fused-ring (bicyclic) bond motifs is 1. The Morgan fingerprint density at radius 1 is 1.53 bits per heavy atom. The second-order valence-electron chi connectivity index (χ2n) is 3.92. The maximum Gasteiger partial charge on any atom is 0.307 e. The lowest BCUT2D eigenvalue weighted by molar-refractivity contribution is -0.138. The van der Waals surface area contributed by atoms with Crippen LogP contribution < -0.4 is 0 Å². The van der Waals surface area contributed by atoms with Gasteiger partial charge in [-0.15, -0.1) is 0 Å². The summed E-state index contributed by atoms with van der Waals surface area (Å²) < 4.78 is 1.92. The highest BCUT2D eigenvalue weighted by Crippen LogP contribution is 2.46. The van der Waals surface area contributed by atoms with Gasteiger partial charge in [-0.05, 0) is 18.6 Å². The highest BCUT2D eigenvalue weighted by molar-refractivity contribution is 5.75. The first-order valence-electron chi connectivity index (χ1n) is 4.92. The minimum absolute atomic E-state index is 0.113. The summed E-state index contributed by atoms with van der Waals surface area (Å²) in [4.78, 5) is 15.1. The first-order valence-corrected chi connectivity index (χ1v) is 4.92. The molecule has 2 heterocycles. The molecule has 0 saturated heterocycles. The molecule has 76 valence electrons. The molecule has 1 aliphatic rings. The van der Waals surface area contributed by atoms with E-state index in [1.165, 1.54) is 0 Å². The number of carbonyl (C=O) groups is 1. The molecule has 1 N–H and O–H groups in total. The predicted octanol–water partition coefficient (Wildman–Crippen LogP) is 1.52. The summed E-state index contributed by atoms with van der Waals surface area (Å²) in [7, 11) is 0. The van der Waals surface area contributed by atoms with Gasteiger partial charge in [0, 0.05) is 18.3 Å². The summed E-state index contributed by atoms with van der Waals surface area (Å²) in [5.74, 6) is -0.825. The molecule has 2 aromatic heterocycles. The fourth-order valence-corrected chi connectivity index (χ4v) is 1.93. The summed E-state index contributed by atoms with van der Waals surface area (Å²) in [6, 6.07) is 5.77. The van der Waals surface area contributed by atoms with Crippen LogP contribution in [0.15, 0.2) is 30.6 Å². The van der Waals surface area contributed by atoms with Gasteiger partial charge in [-0.3, -0.25) is 4.79 Å². The van der Waals surface area contributed by atoms with Crippen LogP contribution in [0.25, 0.3) is 5.65 Å². The topological polar surface area (TPSA) is 54.6 Å². The van der Waals surface area contributed by atoms with Crippen LogP contribution in [0, 0.1) is 5.92 Å². The van der Waals surface area contributed by atoms with Crippen molar-refractivity contribution in [3.05, 3.63) is 36.3 Å². The summed E-state index contributed by atoms with van der Waals surface area (Å²) in [5.41, 5.74) is 1.78. The van der Waals surface area contributed by atoms with E-state index in [-0.39, 0.29) is 11.8 Å². The standard InChI is InChI=1S/C11H10N2O2/c14-11(15)8-5-7(8)9-6-13-4-2-1-3-10(13)12-9/h1-4,6-8H,5H2,(H,14,15)/t7-,8-/m1/s1. The average molecular weight is 202 g/mol. The normalized spacial score (nSPS) is 24.3. The summed E-state index contributed by atoms with van der Waals surface area (Å²) in [6.45, 7) is 0. The van der Waals surface area contributed by atoms with E-state index in [2.05, 4.69) is 4.98 Å². The Labute approximate surface area is 86.2 Å². The Hall–Kier alpha value is -1.84. The van der Waals surface area contributed by atoms with E-state index in [0.717, 1.165) is 17.8 Å². The van der Waals surface area contributed by atoms with E-state index in [0.29, 0.717) is 0 Å². The Bertz CT molecular complexity index is 499. The number of hydrogen-bond acceptors (Lipinski definition) is 2. The van der Waals surface area contributed by atoms with Crippen LogP contribution in [0.1, 0.15) is 18.0 Å². The second-order valence-corrected chi connectivity index (χ2v) is 3.92. The Kier molecular flexibility index (Phi) is 1.59. The third-order valence-corrected chi connectivity index (χ3v) is 2.87. The van der Waals surface area contributed by atoms with Crippen LogP contribution in [0.5, 0.6) is 0 Å². The van der Waals surface area contributed by atoms with E-state index in [1.807, 2.05) is 35.0 Å². The van der Waals surface area contributed by atoms with Gasteiger partial charge in [-0.1, -0.05) is 6.07 Å². The molecule has 1 saturated carbocycles. The van der Waals surface area contributed by atoms with Crippen molar-refractivity contribution >= 4 is 11.6 Å². The van der Waals surface area contributed by atoms with Gasteiger partial charge in [0.1, 0.15) is 5.65 Å². The SMILES string of the molecule is O=C(O)[C@@H]1C[C@H]1c1cn2ccccc2n1. The average Bonchev–Trinajstić information content (AvgIpc) is 2.91. The quantitative estimate of drug-likeness (QED) is 0.803. The van der Waals surface area contributed by atoms with Crippen LogP contribution in [0.2, 0.25) is 0 Å². The van der Waals surface area contributed by atoms with Crippen molar-refractivity contribution in [3.8, 4) is 0 Å². The van der Waals surface area contributed by atoms with Crippen LogP contribution in [0.4, 0.5) is 0 Å². The molecule has 4 heteroatoms. The number of rotatable bonds is 2. The molecule has 15 heavy (non-hydrogen) atoms. The summed E-state index contributed by atoms with van der Waals surface area (Å²) in [5, 5.41) is 8.83. The predicted molar refractivity (Wildman–Crippen MR) is 53.7 cm³/mol. The molecule has 0 bridgehead atoms. The number of pyridine rings is 1. The number of nitrogens with zero attached hydrogens (tertiary/aromatic N) is 2. The van der Waals surface area contributed by atoms with Crippen LogP contribution in [0.3, 0.4) is 0 Å². The molecule has 0 spiro atoms. The van der Waals surface area contributed by atoms with Crippen molar-refractivity contribution in [2.45, 2.75) is 12.3 Å². The van der Waals surface area contributed by atoms with Crippen molar-refractivity contribution in [2.24, 2.45) is 5.92 Å². The smallest absolute Gasteiger partial charge is 0.307 e. The maximum absolute atomic E-state index is 10.7. The largest absolute Gasteiger partial charge is 0.481 e. The molecule has 0 aliphatic heterocycles. The minimum atomic E-state index is -0.711. The van der Waals surface area contributed by atoms with Crippen molar-refractivity contribution in [1.82, 2.24) is 9.38 Å². The Morgan fingerprint density at radius 2 is 2.40 bits per heavy atom. The lowest BCUT2D eigenvalue weighted by atomic mass is 10.2. The van der Waals surface area contributed by atoms with Crippen molar-refractivity contribution < 1.29 is 9.90 Å². The van der Waals surface area contributed by atoms with E-state index in [4.69, 9.17) is 5.11 Å². The van der Waals surface area contributed by atoms with Gasteiger partial charge >= 0.3 is 5.97 Å². The van der Waals surface area contributed by atoms with Gasteiger partial charge in [-0.2, -0.15) is 0 Å². The van der Waals surface area contributed by atoms with E-state index in [1.54, 1.807) is 0 Å². The van der Waals surface area contributed by atoms with Gasteiger partial charge < -0.3 is 9.51 Å². The number of hydrogen-bond donors (Lipinski definition) is 1. The molecule has 0 amide bonds. The zero-order chi connectivity index (χ0) is 10.4. The maximum atomic E-state index is 10.7. The number of aliphatic carboxylic acids is 1. The minimum Gasteiger partial charge on any atom is -0.481 e. The van der Waals surface area contributed by atoms with Crippen molar-refractivity contribution in [3.63, 3.8) is 0 Å². The third kappa shape index (κ3) is 1.29. The third-order valence-electron chi connectivity index (χ3n) is 2.87. The second kappa shape index (κ2) is 2.82. The highest BCUT2D eigenvalue weighted by Gasteiger charge is 2.45. The molecule has 0 radical (unpaired) electrons. The first kappa shape index (κ1) is 8.47. The molecule has 4 nitrogen and oxygen atoms in total. The molecular formula is C11H10N2O2. The summed E-state index contributed by atoms with van der Waals surface area (Å²) >= 11 is 0. The highest BCUT2D eigenvalue weighted by atomic mass is 16.4. The molecule has 1 aliphatic carbocycles. The van der Waals surface area contributed by atoms with Crippen LogP contribution >= 0.6 is 0 Å². The number of carboxylic acid groups (broad SMARTS) is 1. The lowest BCUT2D eigenvalue weighted by Gasteiger charge is -1.88. The zero-order valence-corrected chi connectivity index (χ0v) is 8.00. The van der Waals surface area contributed by atoms with Gasteiger partial charge in [0.15, 0.2) is 0 Å². The Balaban J connectivity index is 1.97. The van der Waals surface area contributed by atoms with Gasteiger partial charge in [-0.25, -0.2) is 4.98 Å². The number of carboxylic acids is 1. The molecule has 1 fully saturated rings. The summed E-state index contributed by atoms with van der Waals surface area (Å²) in [6.07, 6.45) is 4.56. The van der Waals surface area contributed by atoms with E-state index < -0.39 is 5.97 Å². The van der Waals surface area contributed by atoms with Crippen LogP contribution in [-0.4, -0.2) is 20.5 Å². The van der Waals surface area contributed by atoms with E-state index in [9.17, 15) is 4.79 Å². The van der Waals surface area contributed by atoms with Crippen molar-refractivity contribution in [2.75, 3.05) is 0 Å². The molecule has 2 aromatic rings. The molecule has 2 atom stereocenters. The van der Waals surface area contributed by atoms with Crippen molar-refractivity contribution in [1.29, 1.82) is 0 Å². The van der Waals surface area contributed by atoms with Gasteiger partial charge in [0.05, 0.1) is 11.6 Å². The monoisotopic (exact) mass is 202 g/mol. The Morgan fingerprint density at radius 3 is 3.07 bits per heavy atom. The van der Waals surface area contributed by atoms with E-state index >= 15 is 0 Å². The van der Waals surface area contributed by atoms with Gasteiger partial charge in [0.25, 0.3) is 0 Å². The zero-order valence-electron chi connectivity index (χ0n) is 8.00. The number of aromatic nitrogens is 2. The fourth-order valence-electron chi connectivity index (χ4n) is 1.93. The number of imidazole rings is 1. The molecular weight excluding hydrogens is 192 g/mol. The molecule has 0 aromatic carbocycles.